The number of benzene rings is 1. The summed E-state index contributed by atoms with van der Waals surface area (Å²) in [5.74, 6) is 10.9. The topological polar surface area (TPSA) is 95.7 Å². The normalized spacial score (nSPS) is 17.9. The van der Waals surface area contributed by atoms with Gasteiger partial charge in [-0.2, -0.15) is 0 Å². The van der Waals surface area contributed by atoms with Crippen molar-refractivity contribution in [3.63, 3.8) is 0 Å². The van der Waals surface area contributed by atoms with Gasteiger partial charge in [-0.3, -0.25) is 19.7 Å². The number of carbonyl (C=O) groups excluding carboxylic acids is 3. The monoisotopic (exact) mass is 378 g/mol. The maximum atomic E-state index is 12.9. The molecule has 0 aliphatic carbocycles. The van der Waals surface area contributed by atoms with Crippen molar-refractivity contribution in [3.8, 4) is 23.7 Å². The lowest BCUT2D eigenvalue weighted by molar-refractivity contribution is -0.136. The Morgan fingerprint density at radius 3 is 2.71 bits per heavy atom. The molecule has 1 aromatic rings. The maximum absolute atomic E-state index is 12.9. The van der Waals surface area contributed by atoms with Crippen molar-refractivity contribution in [2.24, 2.45) is 5.73 Å². The molecule has 1 fully saturated rings. The van der Waals surface area contributed by atoms with Gasteiger partial charge in [0.05, 0.1) is 19.6 Å². The summed E-state index contributed by atoms with van der Waals surface area (Å²) in [5, 5.41) is 2.32. The van der Waals surface area contributed by atoms with Crippen molar-refractivity contribution in [1.29, 1.82) is 0 Å². The Labute approximate surface area is 164 Å². The summed E-state index contributed by atoms with van der Waals surface area (Å²) in [5.41, 5.74) is 7.75. The molecule has 3 rings (SSSR count). The minimum atomic E-state index is -0.633. The Hall–Kier alpha value is -3.29. The van der Waals surface area contributed by atoms with Gasteiger partial charge < -0.3 is 15.5 Å². The van der Waals surface area contributed by atoms with Crippen LogP contribution >= 0.6 is 0 Å². The first-order valence-electron chi connectivity index (χ1n) is 9.13. The van der Waals surface area contributed by atoms with Crippen LogP contribution in [0, 0.1) is 23.7 Å². The van der Waals surface area contributed by atoms with Crippen molar-refractivity contribution in [2.75, 3.05) is 24.5 Å². The predicted molar refractivity (Wildman–Crippen MR) is 105 cm³/mol. The summed E-state index contributed by atoms with van der Waals surface area (Å²) in [7, 11) is 0. The zero-order chi connectivity index (χ0) is 20.1. The fourth-order valence-electron chi connectivity index (χ4n) is 3.49. The molecule has 0 radical (unpaired) electrons. The molecule has 0 aromatic heterocycles. The van der Waals surface area contributed by atoms with E-state index >= 15 is 0 Å². The van der Waals surface area contributed by atoms with Crippen molar-refractivity contribution < 1.29 is 14.4 Å². The van der Waals surface area contributed by atoms with Gasteiger partial charge in [0, 0.05) is 29.8 Å². The molecule has 3 amide bonds. The summed E-state index contributed by atoms with van der Waals surface area (Å²) in [6.07, 6.45) is 0.572. The molecule has 144 valence electrons. The summed E-state index contributed by atoms with van der Waals surface area (Å²) in [6, 6.07) is 4.89. The largest absolute Gasteiger partial charge is 0.349 e. The highest BCUT2D eigenvalue weighted by Crippen LogP contribution is 2.34. The first-order chi connectivity index (χ1) is 13.6. The Morgan fingerprint density at radius 2 is 2.00 bits per heavy atom. The zero-order valence-electron chi connectivity index (χ0n) is 15.7. The van der Waals surface area contributed by atoms with E-state index in [1.165, 1.54) is 0 Å². The molecule has 2 heterocycles. The number of piperidine rings is 1. The maximum Gasteiger partial charge on any atom is 0.255 e. The molecule has 1 atom stereocenters. The number of nitrogens with two attached hydrogens (primary N) is 1. The first-order valence-corrected chi connectivity index (χ1v) is 9.13. The first kappa shape index (κ1) is 19.5. The number of nitrogens with one attached hydrogen (secondary N) is 1. The molecule has 28 heavy (non-hydrogen) atoms. The number of anilines is 1. The van der Waals surface area contributed by atoms with E-state index in [0.29, 0.717) is 31.6 Å². The number of nitrogens with zero attached hydrogens (tertiary/aromatic N) is 2. The standard InChI is InChI=1S/C21H22N4O3/c1-2-3-12-24(13-5-4-11-22)17-8-6-7-15-16(17)14-25(21(15)28)18-9-10-19(26)23-20(18)27/h6-8,18H,9-14,22H2,1H3,(H,23,26,27). The Balaban J connectivity index is 1.90. The molecule has 3 N–H and O–H groups in total. The van der Waals surface area contributed by atoms with Gasteiger partial charge in [-0.05, 0) is 25.5 Å². The molecule has 7 heteroatoms. The van der Waals surface area contributed by atoms with Crippen LogP contribution in [0.5, 0.6) is 0 Å². The van der Waals surface area contributed by atoms with Crippen LogP contribution in [0.2, 0.25) is 0 Å². The molecule has 0 saturated carbocycles. The van der Waals surface area contributed by atoms with Gasteiger partial charge >= 0.3 is 0 Å². The predicted octanol–water partition coefficient (Wildman–Crippen LogP) is 0.239. The second-order valence-electron chi connectivity index (χ2n) is 6.54. The number of carbonyl (C=O) groups is 3. The minimum absolute atomic E-state index is 0.194. The number of hydrogen-bond acceptors (Lipinski definition) is 5. The van der Waals surface area contributed by atoms with Crippen LogP contribution in [0.25, 0.3) is 0 Å². The SMILES string of the molecule is CC#CCN(CC#CCN)c1cccc2c1CN(C1CCC(=O)NC1=O)C2=O. The molecule has 2 aliphatic heterocycles. The van der Waals surface area contributed by atoms with Crippen molar-refractivity contribution >= 4 is 23.4 Å². The molecule has 0 bridgehead atoms. The van der Waals surface area contributed by atoms with Crippen molar-refractivity contribution in [2.45, 2.75) is 32.4 Å². The average molecular weight is 378 g/mol. The van der Waals surface area contributed by atoms with Gasteiger partial charge in [-0.15, -0.1) is 5.92 Å². The van der Waals surface area contributed by atoms with E-state index in [-0.39, 0.29) is 24.8 Å². The molecule has 2 aliphatic rings. The highest BCUT2D eigenvalue weighted by Gasteiger charge is 2.40. The van der Waals surface area contributed by atoms with Gasteiger partial charge in [0.25, 0.3) is 5.91 Å². The second-order valence-corrected chi connectivity index (χ2v) is 6.54. The lowest BCUT2D eigenvalue weighted by Crippen LogP contribution is -2.52. The third-order valence-electron chi connectivity index (χ3n) is 4.84. The van der Waals surface area contributed by atoms with E-state index in [1.807, 2.05) is 17.0 Å². The molecule has 1 aromatic carbocycles. The van der Waals surface area contributed by atoms with Crippen LogP contribution in [0.1, 0.15) is 35.7 Å². The van der Waals surface area contributed by atoms with Crippen LogP contribution in [-0.4, -0.2) is 48.3 Å². The lowest BCUT2D eigenvalue weighted by atomic mass is 10.0. The Morgan fingerprint density at radius 1 is 1.21 bits per heavy atom. The second kappa shape index (κ2) is 8.60. The van der Waals surface area contributed by atoms with E-state index in [0.717, 1.165) is 11.3 Å². The van der Waals surface area contributed by atoms with Crippen LogP contribution < -0.4 is 16.0 Å². The van der Waals surface area contributed by atoms with Gasteiger partial charge in [-0.1, -0.05) is 23.8 Å². The molecular weight excluding hydrogens is 356 g/mol. The van der Waals surface area contributed by atoms with E-state index in [9.17, 15) is 14.4 Å². The van der Waals surface area contributed by atoms with Gasteiger partial charge in [0.2, 0.25) is 11.8 Å². The summed E-state index contributed by atoms with van der Waals surface area (Å²) < 4.78 is 0. The summed E-state index contributed by atoms with van der Waals surface area (Å²) in [6.45, 7) is 3.28. The number of amides is 3. The highest BCUT2D eigenvalue weighted by atomic mass is 16.2. The average Bonchev–Trinajstić information content (AvgIpc) is 3.01. The van der Waals surface area contributed by atoms with Crippen molar-refractivity contribution in [1.82, 2.24) is 10.2 Å². The van der Waals surface area contributed by atoms with E-state index < -0.39 is 11.9 Å². The molecule has 0 spiro atoms. The molecule has 7 nitrogen and oxygen atoms in total. The summed E-state index contributed by atoms with van der Waals surface area (Å²) >= 11 is 0. The number of rotatable bonds is 4. The third kappa shape index (κ3) is 3.85. The zero-order valence-corrected chi connectivity index (χ0v) is 15.7. The minimum Gasteiger partial charge on any atom is -0.349 e. The quantitative estimate of drug-likeness (QED) is 0.578. The Bertz CT molecular complexity index is 932. The van der Waals surface area contributed by atoms with E-state index in [4.69, 9.17) is 5.73 Å². The lowest BCUT2D eigenvalue weighted by Gasteiger charge is -2.29. The number of imide groups is 1. The van der Waals surface area contributed by atoms with Gasteiger partial charge in [0.15, 0.2) is 0 Å². The molecule has 1 unspecified atom stereocenters. The van der Waals surface area contributed by atoms with Crippen LogP contribution in [0.4, 0.5) is 5.69 Å². The van der Waals surface area contributed by atoms with Crippen molar-refractivity contribution in [3.05, 3.63) is 29.3 Å². The van der Waals surface area contributed by atoms with Crippen LogP contribution in [-0.2, 0) is 16.1 Å². The highest BCUT2D eigenvalue weighted by molar-refractivity contribution is 6.06. The smallest absolute Gasteiger partial charge is 0.255 e. The van der Waals surface area contributed by atoms with E-state index in [1.54, 1.807) is 17.9 Å². The number of fused-ring (bicyclic) bond motifs is 1. The van der Waals surface area contributed by atoms with E-state index in [2.05, 4.69) is 29.0 Å². The van der Waals surface area contributed by atoms with Crippen LogP contribution in [0.3, 0.4) is 0 Å². The Kier molecular flexibility index (Phi) is 5.98. The summed E-state index contributed by atoms with van der Waals surface area (Å²) in [4.78, 5) is 40.2. The fraction of sp³-hybridized carbons (Fsp3) is 0.381. The fourth-order valence-corrected chi connectivity index (χ4v) is 3.49. The molecule has 1 saturated heterocycles. The van der Waals surface area contributed by atoms with Gasteiger partial charge in [0.1, 0.15) is 6.04 Å². The number of hydrogen-bond donors (Lipinski definition) is 2. The molecular formula is C21H22N4O3. The third-order valence-corrected chi connectivity index (χ3v) is 4.84. The van der Waals surface area contributed by atoms with Crippen LogP contribution in [0.15, 0.2) is 18.2 Å². The van der Waals surface area contributed by atoms with Gasteiger partial charge in [-0.25, -0.2) is 0 Å².